The van der Waals surface area contributed by atoms with E-state index in [4.69, 9.17) is 24.7 Å². The van der Waals surface area contributed by atoms with E-state index in [0.717, 1.165) is 5.56 Å². The largest absolute Gasteiger partial charge is 0.480 e. The van der Waals surface area contributed by atoms with Crippen LogP contribution in [0.3, 0.4) is 0 Å². The molecule has 2 rings (SSSR count). The van der Waals surface area contributed by atoms with Gasteiger partial charge in [-0.1, -0.05) is 85.2 Å². The average Bonchev–Trinajstić information content (AvgIpc) is 3.74. The lowest BCUT2D eigenvalue weighted by atomic mass is 9.89. The van der Waals surface area contributed by atoms with Crippen molar-refractivity contribution >= 4 is 35.5 Å². The van der Waals surface area contributed by atoms with Gasteiger partial charge in [0, 0.05) is 47.8 Å². The highest BCUT2D eigenvalue weighted by Gasteiger charge is 2.43. The molecule has 1 aromatic carbocycles. The molecule has 5 amide bonds. The number of hydrogen-bond donors (Lipinski definition) is 4. The second-order valence-corrected chi connectivity index (χ2v) is 17.4. The summed E-state index contributed by atoms with van der Waals surface area (Å²) in [6.07, 6.45) is 0.557. The van der Waals surface area contributed by atoms with E-state index in [2.05, 4.69) is 10.6 Å². The highest BCUT2D eigenvalue weighted by atomic mass is 16.5. The number of likely N-dealkylation sites (tertiary alicyclic amines) is 1. The number of benzene rings is 1. The number of nitrogens with zero attached hydrogens (tertiary/aromatic N) is 3. The number of nitrogens with one attached hydrogen (secondary N) is 2. The molecule has 17 nitrogen and oxygen atoms in total. The second-order valence-electron chi connectivity index (χ2n) is 17.4. The molecule has 1 aromatic rings. The summed E-state index contributed by atoms with van der Waals surface area (Å²) in [7, 11) is 6.23. The summed E-state index contributed by atoms with van der Waals surface area (Å²) in [5, 5.41) is 15.6. The summed E-state index contributed by atoms with van der Waals surface area (Å²) in [5.74, 6) is -4.48. The maximum atomic E-state index is 14.5. The number of likely N-dealkylation sites (N-methyl/N-ethyl adjacent to an activating group) is 2. The molecule has 1 aliphatic rings. The third-order valence-electron chi connectivity index (χ3n) is 12.2. The van der Waals surface area contributed by atoms with E-state index in [1.807, 2.05) is 59.7 Å². The molecular formula is C46H78N6O11. The molecule has 0 unspecified atom stereocenters. The zero-order valence-corrected chi connectivity index (χ0v) is 39.7. The molecule has 17 heteroatoms. The Labute approximate surface area is 375 Å². The van der Waals surface area contributed by atoms with Gasteiger partial charge < -0.3 is 55.1 Å². The van der Waals surface area contributed by atoms with Crippen LogP contribution in [0.4, 0.5) is 0 Å². The summed E-state index contributed by atoms with van der Waals surface area (Å²) >= 11 is 0. The fourth-order valence-electron chi connectivity index (χ4n) is 8.45. The van der Waals surface area contributed by atoms with Crippen molar-refractivity contribution in [2.45, 2.75) is 129 Å². The number of carbonyl (C=O) groups excluding carboxylic acids is 5. The Hall–Kier alpha value is -4.16. The lowest BCUT2D eigenvalue weighted by Crippen LogP contribution is -2.60. The van der Waals surface area contributed by atoms with Gasteiger partial charge in [-0.2, -0.15) is 0 Å². The summed E-state index contributed by atoms with van der Waals surface area (Å²) < 4.78 is 22.7. The van der Waals surface area contributed by atoms with Crippen molar-refractivity contribution in [2.24, 2.45) is 29.4 Å². The van der Waals surface area contributed by atoms with Crippen LogP contribution in [0.2, 0.25) is 0 Å². The van der Waals surface area contributed by atoms with E-state index < -0.39 is 66.1 Å². The van der Waals surface area contributed by atoms with E-state index in [9.17, 15) is 33.9 Å². The number of carbonyl (C=O) groups is 6. The lowest BCUT2D eigenvalue weighted by molar-refractivity contribution is -0.149. The van der Waals surface area contributed by atoms with Gasteiger partial charge >= 0.3 is 5.97 Å². The average molecular weight is 891 g/mol. The molecule has 1 fully saturated rings. The number of ether oxygens (including phenoxy) is 4. The van der Waals surface area contributed by atoms with Crippen LogP contribution >= 0.6 is 0 Å². The van der Waals surface area contributed by atoms with Crippen LogP contribution in [0.15, 0.2) is 30.3 Å². The molecule has 9 atom stereocenters. The monoisotopic (exact) mass is 891 g/mol. The first-order valence-corrected chi connectivity index (χ1v) is 22.5. The van der Waals surface area contributed by atoms with Crippen LogP contribution in [0.1, 0.15) is 86.1 Å². The molecule has 1 aliphatic heterocycles. The summed E-state index contributed by atoms with van der Waals surface area (Å²) in [6, 6.07) is 5.06. The molecule has 0 aromatic heterocycles. The minimum absolute atomic E-state index is 0.0634. The summed E-state index contributed by atoms with van der Waals surface area (Å²) in [6.45, 7) is 15.1. The zero-order valence-electron chi connectivity index (χ0n) is 39.7. The van der Waals surface area contributed by atoms with E-state index in [1.54, 1.807) is 43.0 Å². The molecule has 1 heterocycles. The van der Waals surface area contributed by atoms with E-state index in [1.165, 1.54) is 19.1 Å². The Balaban J connectivity index is 2.23. The maximum Gasteiger partial charge on any atom is 0.326 e. The van der Waals surface area contributed by atoms with Crippen molar-refractivity contribution in [1.82, 2.24) is 25.3 Å². The molecule has 0 spiro atoms. The van der Waals surface area contributed by atoms with Crippen molar-refractivity contribution < 1.29 is 52.8 Å². The van der Waals surface area contributed by atoms with Crippen LogP contribution in [0.25, 0.3) is 0 Å². The summed E-state index contributed by atoms with van der Waals surface area (Å²) in [4.78, 5) is 86.4. The number of aliphatic carboxylic acids is 1. The van der Waals surface area contributed by atoms with Crippen LogP contribution < -0.4 is 16.4 Å². The van der Waals surface area contributed by atoms with Gasteiger partial charge in [-0.15, -0.1) is 0 Å². The van der Waals surface area contributed by atoms with E-state index in [0.29, 0.717) is 52.2 Å². The van der Waals surface area contributed by atoms with Gasteiger partial charge in [0.1, 0.15) is 18.1 Å². The van der Waals surface area contributed by atoms with Crippen LogP contribution in [0, 0.1) is 23.7 Å². The molecule has 0 bridgehead atoms. The first-order valence-electron chi connectivity index (χ1n) is 22.5. The Kier molecular flexibility index (Phi) is 24.3. The Morgan fingerprint density at radius 2 is 1.49 bits per heavy atom. The number of carboxylic acids is 1. The fraction of sp³-hybridized carbons (Fsp3) is 0.739. The minimum atomic E-state index is -1.16. The van der Waals surface area contributed by atoms with Gasteiger partial charge in [0.2, 0.25) is 29.5 Å². The molecule has 0 saturated carbocycles. The van der Waals surface area contributed by atoms with E-state index in [-0.39, 0.29) is 61.3 Å². The Morgan fingerprint density at radius 1 is 0.857 bits per heavy atom. The number of rotatable bonds is 29. The third-order valence-corrected chi connectivity index (χ3v) is 12.2. The highest BCUT2D eigenvalue weighted by Crippen LogP contribution is 2.30. The van der Waals surface area contributed by atoms with Crippen LogP contribution in [-0.4, -0.2) is 166 Å². The van der Waals surface area contributed by atoms with Crippen molar-refractivity contribution in [1.29, 1.82) is 0 Å². The number of hydrogen-bond acceptors (Lipinski definition) is 11. The predicted molar refractivity (Wildman–Crippen MR) is 239 cm³/mol. The smallest absolute Gasteiger partial charge is 0.326 e. The quantitative estimate of drug-likeness (QED) is 0.0854. The normalized spacial score (nSPS) is 17.9. The second kappa shape index (κ2) is 27.9. The molecule has 0 aliphatic carbocycles. The molecular weight excluding hydrogens is 813 g/mol. The van der Waals surface area contributed by atoms with Crippen LogP contribution in [-0.2, 0) is 54.1 Å². The Bertz CT molecular complexity index is 1580. The molecule has 1 saturated heterocycles. The highest BCUT2D eigenvalue weighted by molar-refractivity contribution is 5.92. The minimum Gasteiger partial charge on any atom is -0.480 e. The first-order chi connectivity index (χ1) is 29.9. The van der Waals surface area contributed by atoms with Gasteiger partial charge in [0.15, 0.2) is 0 Å². The van der Waals surface area contributed by atoms with Gasteiger partial charge in [0.05, 0.1) is 69.5 Å². The molecule has 358 valence electrons. The SMILES string of the molecule is CC[C@H](C)[C@@H]([C@@H](CC(=O)N1CCC[C@H]1[C@H](OC)[C@@H](C)C(=O)N[C@@H](Cc1ccccc1)C(=O)O)OC)N(C)C(=O)[C@@H](NC(=O)[C@H](C(C)C)N(C)C(=O)CCOCCOCCN)C(C)C. The zero-order chi connectivity index (χ0) is 47.4. The van der Waals surface area contributed by atoms with Crippen molar-refractivity contribution in [3.8, 4) is 0 Å². The van der Waals surface area contributed by atoms with E-state index >= 15 is 0 Å². The van der Waals surface area contributed by atoms with Gasteiger partial charge in [-0.25, -0.2) is 4.79 Å². The topological polar surface area (TPSA) is 219 Å². The van der Waals surface area contributed by atoms with Gasteiger partial charge in [-0.3, -0.25) is 24.0 Å². The number of nitrogens with two attached hydrogens (primary N) is 1. The summed E-state index contributed by atoms with van der Waals surface area (Å²) in [5.41, 5.74) is 6.20. The van der Waals surface area contributed by atoms with Gasteiger partial charge in [0.25, 0.3) is 0 Å². The molecule has 63 heavy (non-hydrogen) atoms. The van der Waals surface area contributed by atoms with Crippen molar-refractivity contribution in [3.05, 3.63) is 35.9 Å². The number of carboxylic acid groups (broad SMARTS) is 1. The molecule has 5 N–H and O–H groups in total. The maximum absolute atomic E-state index is 14.5. The van der Waals surface area contributed by atoms with Crippen molar-refractivity contribution in [2.75, 3.05) is 67.8 Å². The predicted octanol–water partition coefficient (Wildman–Crippen LogP) is 2.72. The Morgan fingerprint density at radius 3 is 2.03 bits per heavy atom. The third kappa shape index (κ3) is 16.4. The first kappa shape index (κ1) is 55.0. The lowest BCUT2D eigenvalue weighted by Gasteiger charge is -2.41. The standard InChI is InChI=1S/C46H78N6O11/c1-12-31(6)41(51(9)45(57)39(29(2)3)49-44(56)40(30(4)5)50(8)37(53)20-23-62-25-26-63-24-21-47)36(60-10)28-38(54)52-22-16-19-35(52)42(61-11)32(7)43(55)48-34(46(58)59)27-33-17-14-13-15-18-33/h13-15,17-18,29-32,34-36,39-42H,12,16,19-28,47H2,1-11H3,(H,48,55)(H,49,56)(H,58,59)/t31-,32+,34-,35-,36+,39-,40-,41-,42+/m0/s1. The van der Waals surface area contributed by atoms with Crippen LogP contribution in [0.5, 0.6) is 0 Å². The number of methoxy groups -OCH3 is 2. The molecule has 0 radical (unpaired) electrons. The van der Waals surface area contributed by atoms with Gasteiger partial charge in [-0.05, 0) is 36.2 Å². The fourth-order valence-corrected chi connectivity index (χ4v) is 8.45. The number of amides is 5. The van der Waals surface area contributed by atoms with Crippen molar-refractivity contribution in [3.63, 3.8) is 0 Å².